The molecule has 0 aromatic heterocycles. The van der Waals surface area contributed by atoms with Crippen molar-refractivity contribution in [2.45, 2.75) is 6.54 Å². The highest BCUT2D eigenvalue weighted by Gasteiger charge is 2.16. The molecule has 1 aliphatic heterocycles. The van der Waals surface area contributed by atoms with Gasteiger partial charge in [-0.1, -0.05) is 11.8 Å². The molecule has 0 atom stereocenters. The average molecular weight is 291 g/mol. The third-order valence-corrected chi connectivity index (χ3v) is 3.58. The number of halogens is 1. The molecule has 114 valence electrons. The zero-order valence-electron chi connectivity index (χ0n) is 12.2. The van der Waals surface area contributed by atoms with E-state index in [4.69, 9.17) is 10.8 Å². The van der Waals surface area contributed by atoms with Gasteiger partial charge in [0, 0.05) is 44.8 Å². The standard InChI is InChI=1S/C16H22FN3O/c17-16-11-14(2-1-3-18)10-15(12-16)13-20-6-4-19(5-7-20)8-9-21/h10-12,21H,3-9,13,18H2. The van der Waals surface area contributed by atoms with Crippen LogP contribution in [0.25, 0.3) is 0 Å². The summed E-state index contributed by atoms with van der Waals surface area (Å²) in [6.07, 6.45) is 0. The molecule has 1 heterocycles. The van der Waals surface area contributed by atoms with Gasteiger partial charge in [-0.05, 0) is 23.8 Å². The molecular weight excluding hydrogens is 269 g/mol. The number of benzene rings is 1. The Bertz CT molecular complexity index is 516. The summed E-state index contributed by atoms with van der Waals surface area (Å²) in [5, 5.41) is 8.93. The number of piperazine rings is 1. The lowest BCUT2D eigenvalue weighted by Crippen LogP contribution is -2.46. The first-order valence-electron chi connectivity index (χ1n) is 7.25. The van der Waals surface area contributed by atoms with E-state index in [0.717, 1.165) is 44.8 Å². The topological polar surface area (TPSA) is 52.7 Å². The number of rotatable bonds is 4. The van der Waals surface area contributed by atoms with Gasteiger partial charge < -0.3 is 10.8 Å². The Balaban J connectivity index is 1.95. The molecule has 0 aliphatic carbocycles. The summed E-state index contributed by atoms with van der Waals surface area (Å²) >= 11 is 0. The van der Waals surface area contributed by atoms with Crippen LogP contribution in [0.4, 0.5) is 4.39 Å². The molecule has 1 aromatic rings. The van der Waals surface area contributed by atoms with Crippen molar-refractivity contribution in [2.75, 3.05) is 45.9 Å². The molecule has 0 saturated carbocycles. The summed E-state index contributed by atoms with van der Waals surface area (Å²) < 4.78 is 13.6. The van der Waals surface area contributed by atoms with Gasteiger partial charge in [0.05, 0.1) is 13.2 Å². The van der Waals surface area contributed by atoms with Gasteiger partial charge in [-0.3, -0.25) is 9.80 Å². The van der Waals surface area contributed by atoms with E-state index in [9.17, 15) is 4.39 Å². The quantitative estimate of drug-likeness (QED) is 0.781. The summed E-state index contributed by atoms with van der Waals surface area (Å²) in [5.41, 5.74) is 6.95. The van der Waals surface area contributed by atoms with Gasteiger partial charge in [0.1, 0.15) is 5.82 Å². The van der Waals surface area contributed by atoms with Gasteiger partial charge >= 0.3 is 0 Å². The molecule has 3 N–H and O–H groups in total. The Labute approximate surface area is 125 Å². The summed E-state index contributed by atoms with van der Waals surface area (Å²) in [5.74, 6) is 5.37. The van der Waals surface area contributed by atoms with Crippen molar-refractivity contribution < 1.29 is 9.50 Å². The molecule has 21 heavy (non-hydrogen) atoms. The van der Waals surface area contributed by atoms with Gasteiger partial charge in [-0.2, -0.15) is 0 Å². The molecule has 1 aliphatic rings. The van der Waals surface area contributed by atoms with Gasteiger partial charge in [-0.15, -0.1) is 0 Å². The van der Waals surface area contributed by atoms with Crippen LogP contribution in [0, 0.1) is 17.7 Å². The minimum Gasteiger partial charge on any atom is -0.395 e. The highest BCUT2D eigenvalue weighted by Crippen LogP contribution is 2.12. The van der Waals surface area contributed by atoms with Gasteiger partial charge in [-0.25, -0.2) is 4.39 Å². The molecular formula is C16H22FN3O. The Morgan fingerprint density at radius 1 is 1.14 bits per heavy atom. The molecule has 1 fully saturated rings. The summed E-state index contributed by atoms with van der Waals surface area (Å²) in [6.45, 7) is 5.67. The van der Waals surface area contributed by atoms with Crippen LogP contribution in [0.1, 0.15) is 11.1 Å². The fourth-order valence-electron chi connectivity index (χ4n) is 2.54. The van der Waals surface area contributed by atoms with Crippen LogP contribution in [0.3, 0.4) is 0 Å². The van der Waals surface area contributed by atoms with E-state index in [1.165, 1.54) is 6.07 Å². The van der Waals surface area contributed by atoms with E-state index >= 15 is 0 Å². The smallest absolute Gasteiger partial charge is 0.124 e. The molecule has 5 heteroatoms. The maximum atomic E-state index is 13.6. The van der Waals surface area contributed by atoms with E-state index in [-0.39, 0.29) is 19.0 Å². The predicted octanol–water partition coefficient (Wildman–Crippen LogP) is 0.246. The summed E-state index contributed by atoms with van der Waals surface area (Å²) in [6, 6.07) is 4.92. The second-order valence-electron chi connectivity index (χ2n) is 5.20. The zero-order valence-corrected chi connectivity index (χ0v) is 12.2. The van der Waals surface area contributed by atoms with Crippen molar-refractivity contribution >= 4 is 0 Å². The number of nitrogens with zero attached hydrogens (tertiary/aromatic N) is 2. The number of nitrogens with two attached hydrogens (primary N) is 1. The number of hydrogen-bond donors (Lipinski definition) is 2. The van der Waals surface area contributed by atoms with E-state index < -0.39 is 0 Å². The van der Waals surface area contributed by atoms with Crippen molar-refractivity contribution in [3.63, 3.8) is 0 Å². The highest BCUT2D eigenvalue weighted by atomic mass is 19.1. The SMILES string of the molecule is NCC#Cc1cc(F)cc(CN2CCN(CCO)CC2)c1. The number of hydrogen-bond acceptors (Lipinski definition) is 4. The molecule has 1 saturated heterocycles. The lowest BCUT2D eigenvalue weighted by Gasteiger charge is -2.34. The zero-order chi connectivity index (χ0) is 15.1. The Kier molecular flexibility index (Phi) is 6.15. The van der Waals surface area contributed by atoms with E-state index in [1.54, 1.807) is 6.07 Å². The largest absolute Gasteiger partial charge is 0.395 e. The van der Waals surface area contributed by atoms with Crippen molar-refractivity contribution in [3.8, 4) is 11.8 Å². The molecule has 4 nitrogen and oxygen atoms in total. The van der Waals surface area contributed by atoms with Crippen LogP contribution < -0.4 is 5.73 Å². The van der Waals surface area contributed by atoms with E-state index in [0.29, 0.717) is 5.56 Å². The first-order valence-corrected chi connectivity index (χ1v) is 7.25. The van der Waals surface area contributed by atoms with Crippen LogP contribution >= 0.6 is 0 Å². The Hall–Kier alpha value is -1.45. The number of aliphatic hydroxyl groups is 1. The lowest BCUT2D eigenvalue weighted by atomic mass is 10.1. The fourth-order valence-corrected chi connectivity index (χ4v) is 2.54. The van der Waals surface area contributed by atoms with Gasteiger partial charge in [0.2, 0.25) is 0 Å². The normalized spacial score (nSPS) is 16.5. The second kappa shape index (κ2) is 8.11. The minimum absolute atomic E-state index is 0.201. The molecule has 0 amide bonds. The molecule has 0 bridgehead atoms. The third kappa shape index (κ3) is 5.10. The van der Waals surface area contributed by atoms with Crippen molar-refractivity contribution in [1.82, 2.24) is 9.80 Å². The Morgan fingerprint density at radius 2 is 1.86 bits per heavy atom. The molecule has 2 rings (SSSR count). The average Bonchev–Trinajstić information content (AvgIpc) is 2.47. The molecule has 0 radical (unpaired) electrons. The number of β-amino-alcohol motifs (C(OH)–C–C–N with tert-alkyl or cyclic N) is 1. The lowest BCUT2D eigenvalue weighted by molar-refractivity contribution is 0.108. The minimum atomic E-state index is -0.257. The highest BCUT2D eigenvalue weighted by molar-refractivity contribution is 5.38. The van der Waals surface area contributed by atoms with Crippen LogP contribution in [0.15, 0.2) is 18.2 Å². The van der Waals surface area contributed by atoms with Crippen LogP contribution in [0.2, 0.25) is 0 Å². The van der Waals surface area contributed by atoms with Crippen molar-refractivity contribution in [1.29, 1.82) is 0 Å². The first-order chi connectivity index (χ1) is 10.2. The van der Waals surface area contributed by atoms with Crippen LogP contribution in [-0.4, -0.2) is 60.8 Å². The monoisotopic (exact) mass is 291 g/mol. The predicted molar refractivity (Wildman–Crippen MR) is 81.1 cm³/mol. The first kappa shape index (κ1) is 15.9. The second-order valence-corrected chi connectivity index (χ2v) is 5.20. The van der Waals surface area contributed by atoms with E-state index in [2.05, 4.69) is 21.6 Å². The third-order valence-electron chi connectivity index (χ3n) is 3.58. The fraction of sp³-hybridized carbons (Fsp3) is 0.500. The maximum Gasteiger partial charge on any atom is 0.124 e. The van der Waals surface area contributed by atoms with Gasteiger partial charge in [0.25, 0.3) is 0 Å². The summed E-state index contributed by atoms with van der Waals surface area (Å²) in [4.78, 5) is 4.53. The van der Waals surface area contributed by atoms with Crippen molar-refractivity contribution in [3.05, 3.63) is 35.1 Å². The molecule has 0 unspecified atom stereocenters. The van der Waals surface area contributed by atoms with Crippen molar-refractivity contribution in [2.24, 2.45) is 5.73 Å². The maximum absolute atomic E-state index is 13.6. The molecule has 1 aromatic carbocycles. The molecule has 0 spiro atoms. The Morgan fingerprint density at radius 3 is 2.52 bits per heavy atom. The van der Waals surface area contributed by atoms with Gasteiger partial charge in [0.15, 0.2) is 0 Å². The number of aliphatic hydroxyl groups excluding tert-OH is 1. The summed E-state index contributed by atoms with van der Waals surface area (Å²) in [7, 11) is 0. The van der Waals surface area contributed by atoms with E-state index in [1.807, 2.05) is 6.07 Å². The van der Waals surface area contributed by atoms with Crippen LogP contribution in [-0.2, 0) is 6.54 Å². The van der Waals surface area contributed by atoms with Crippen LogP contribution in [0.5, 0.6) is 0 Å².